The second kappa shape index (κ2) is 8.09. The van der Waals surface area contributed by atoms with Crippen molar-refractivity contribution in [3.05, 3.63) is 58.6 Å². The molecule has 5 heteroatoms. The number of β-amino-alcohol motifs (C(OH)–C–C–N with tert-alkyl or cyclic N) is 1. The molecule has 0 unspecified atom stereocenters. The number of hydrogen-bond acceptors (Lipinski definition) is 4. The van der Waals surface area contributed by atoms with E-state index in [-0.39, 0.29) is 6.04 Å². The summed E-state index contributed by atoms with van der Waals surface area (Å²) < 4.78 is 10.8. The van der Waals surface area contributed by atoms with E-state index in [9.17, 15) is 5.11 Å². The molecule has 1 heterocycles. The minimum atomic E-state index is -0.602. The van der Waals surface area contributed by atoms with Crippen LogP contribution in [0.3, 0.4) is 0 Å². The van der Waals surface area contributed by atoms with Crippen LogP contribution in [-0.2, 0) is 0 Å². The molecule has 0 amide bonds. The molecule has 0 aliphatic carbocycles. The Morgan fingerprint density at radius 2 is 1.92 bits per heavy atom. The average Bonchev–Trinajstić information content (AvgIpc) is 3.09. The van der Waals surface area contributed by atoms with E-state index in [0.717, 1.165) is 36.4 Å². The predicted octanol–water partition coefficient (Wildman–Crippen LogP) is 4.23. The maximum atomic E-state index is 10.6. The number of ether oxygens (including phenoxy) is 2. The van der Waals surface area contributed by atoms with Crippen molar-refractivity contribution >= 4 is 11.6 Å². The normalized spacial score (nSPS) is 19.0. The van der Waals surface area contributed by atoms with Gasteiger partial charge in [-0.25, -0.2) is 0 Å². The molecule has 1 N–H and O–H groups in total. The van der Waals surface area contributed by atoms with Gasteiger partial charge in [-0.15, -0.1) is 0 Å². The summed E-state index contributed by atoms with van der Waals surface area (Å²) in [5, 5.41) is 11.2. The number of aliphatic hydroxyl groups excluding tert-OH is 1. The molecule has 2 atom stereocenters. The Hall–Kier alpha value is -1.75. The lowest BCUT2D eigenvalue weighted by Crippen LogP contribution is -2.28. The molecule has 0 saturated carbocycles. The summed E-state index contributed by atoms with van der Waals surface area (Å²) in [6.45, 7) is 1.52. The number of halogens is 1. The molecule has 4 nitrogen and oxygen atoms in total. The van der Waals surface area contributed by atoms with Gasteiger partial charge in [0.2, 0.25) is 0 Å². The van der Waals surface area contributed by atoms with E-state index >= 15 is 0 Å². The minimum Gasteiger partial charge on any atom is -0.493 e. The van der Waals surface area contributed by atoms with E-state index in [0.29, 0.717) is 11.6 Å². The molecular weight excluding hydrogens is 338 g/mol. The molecule has 0 spiro atoms. The number of rotatable bonds is 6. The molecule has 1 aliphatic rings. The maximum Gasteiger partial charge on any atom is 0.161 e. The van der Waals surface area contributed by atoms with E-state index < -0.39 is 6.10 Å². The van der Waals surface area contributed by atoms with Gasteiger partial charge >= 0.3 is 0 Å². The van der Waals surface area contributed by atoms with Crippen molar-refractivity contribution in [2.45, 2.75) is 25.0 Å². The summed E-state index contributed by atoms with van der Waals surface area (Å²) in [6.07, 6.45) is 1.56. The van der Waals surface area contributed by atoms with E-state index in [4.69, 9.17) is 21.1 Å². The highest BCUT2D eigenvalue weighted by Crippen LogP contribution is 2.38. The van der Waals surface area contributed by atoms with Crippen molar-refractivity contribution in [3.63, 3.8) is 0 Å². The Kier molecular flexibility index (Phi) is 5.84. The fraction of sp³-hybridized carbons (Fsp3) is 0.400. The van der Waals surface area contributed by atoms with Crippen LogP contribution >= 0.6 is 11.6 Å². The van der Waals surface area contributed by atoms with E-state index in [1.807, 2.05) is 36.4 Å². The number of nitrogens with zero attached hydrogens (tertiary/aromatic N) is 1. The van der Waals surface area contributed by atoms with Crippen LogP contribution in [0, 0.1) is 0 Å². The van der Waals surface area contributed by atoms with Gasteiger partial charge in [0.05, 0.1) is 20.3 Å². The standard InChI is InChI=1S/C20H24ClNO3/c1-24-19-10-9-14(12-20(19)25-2)17-8-5-11-22(17)13-18(23)15-6-3-4-7-16(15)21/h3-4,6-7,9-10,12,17-18,23H,5,8,11,13H2,1-2H3/t17-,18-/m0/s1. The summed E-state index contributed by atoms with van der Waals surface area (Å²) in [5.41, 5.74) is 1.96. The van der Waals surface area contributed by atoms with E-state index in [1.54, 1.807) is 14.2 Å². The number of methoxy groups -OCH3 is 2. The van der Waals surface area contributed by atoms with Gasteiger partial charge in [-0.1, -0.05) is 35.9 Å². The van der Waals surface area contributed by atoms with Gasteiger partial charge < -0.3 is 14.6 Å². The molecule has 2 aromatic rings. The third-order valence-electron chi connectivity index (χ3n) is 4.83. The Bertz CT molecular complexity index is 722. The second-order valence-corrected chi connectivity index (χ2v) is 6.71. The molecule has 1 aliphatic heterocycles. The van der Waals surface area contributed by atoms with Crippen LogP contribution in [0.1, 0.15) is 36.1 Å². The number of benzene rings is 2. The Morgan fingerprint density at radius 3 is 2.64 bits per heavy atom. The topological polar surface area (TPSA) is 41.9 Å². The van der Waals surface area contributed by atoms with Crippen molar-refractivity contribution in [2.24, 2.45) is 0 Å². The first kappa shape index (κ1) is 18.1. The minimum absolute atomic E-state index is 0.261. The van der Waals surface area contributed by atoms with Crippen LogP contribution in [0.15, 0.2) is 42.5 Å². The van der Waals surface area contributed by atoms with Crippen LogP contribution in [0.5, 0.6) is 11.5 Å². The number of aliphatic hydroxyl groups is 1. The van der Waals surface area contributed by atoms with Gasteiger partial charge in [0, 0.05) is 23.2 Å². The Labute approximate surface area is 153 Å². The average molecular weight is 362 g/mol. The van der Waals surface area contributed by atoms with Crippen molar-refractivity contribution in [1.82, 2.24) is 4.90 Å². The lowest BCUT2D eigenvalue weighted by molar-refractivity contribution is 0.106. The lowest BCUT2D eigenvalue weighted by Gasteiger charge is -2.28. The van der Waals surface area contributed by atoms with Crippen molar-refractivity contribution in [2.75, 3.05) is 27.3 Å². The molecule has 134 valence electrons. The van der Waals surface area contributed by atoms with Crippen LogP contribution in [0.2, 0.25) is 5.02 Å². The molecule has 2 aromatic carbocycles. The summed E-state index contributed by atoms with van der Waals surface area (Å²) in [7, 11) is 3.29. The maximum absolute atomic E-state index is 10.6. The fourth-order valence-corrected chi connectivity index (χ4v) is 3.81. The van der Waals surface area contributed by atoms with Crippen molar-refractivity contribution in [1.29, 1.82) is 0 Å². The van der Waals surface area contributed by atoms with Crippen LogP contribution in [0.25, 0.3) is 0 Å². The second-order valence-electron chi connectivity index (χ2n) is 6.30. The van der Waals surface area contributed by atoms with Crippen LogP contribution in [0.4, 0.5) is 0 Å². The van der Waals surface area contributed by atoms with Crippen molar-refractivity contribution < 1.29 is 14.6 Å². The van der Waals surface area contributed by atoms with Crippen molar-refractivity contribution in [3.8, 4) is 11.5 Å². The molecular formula is C20H24ClNO3. The molecule has 0 radical (unpaired) electrons. The van der Waals surface area contributed by atoms with Crippen LogP contribution < -0.4 is 9.47 Å². The Morgan fingerprint density at radius 1 is 1.16 bits per heavy atom. The van der Waals surface area contributed by atoms with Gasteiger partial charge in [-0.2, -0.15) is 0 Å². The smallest absolute Gasteiger partial charge is 0.161 e. The third-order valence-corrected chi connectivity index (χ3v) is 5.17. The first-order chi connectivity index (χ1) is 12.1. The Balaban J connectivity index is 1.78. The van der Waals surface area contributed by atoms with Crippen LogP contribution in [-0.4, -0.2) is 37.3 Å². The number of hydrogen-bond donors (Lipinski definition) is 1. The molecule has 3 rings (SSSR count). The summed E-state index contributed by atoms with van der Waals surface area (Å²) >= 11 is 6.22. The summed E-state index contributed by atoms with van der Waals surface area (Å²) in [6, 6.07) is 13.8. The van der Waals surface area contributed by atoms with E-state index in [2.05, 4.69) is 11.0 Å². The lowest BCUT2D eigenvalue weighted by atomic mass is 10.0. The zero-order valence-corrected chi connectivity index (χ0v) is 15.4. The highest BCUT2D eigenvalue weighted by Gasteiger charge is 2.29. The van der Waals surface area contributed by atoms with Gasteiger partial charge in [0.1, 0.15) is 0 Å². The zero-order chi connectivity index (χ0) is 17.8. The van der Waals surface area contributed by atoms with Gasteiger partial charge in [-0.3, -0.25) is 4.90 Å². The highest BCUT2D eigenvalue weighted by molar-refractivity contribution is 6.31. The highest BCUT2D eigenvalue weighted by atomic mass is 35.5. The number of likely N-dealkylation sites (tertiary alicyclic amines) is 1. The molecule has 1 fully saturated rings. The fourth-order valence-electron chi connectivity index (χ4n) is 3.55. The van der Waals surface area contributed by atoms with E-state index in [1.165, 1.54) is 5.56 Å². The SMILES string of the molecule is COc1ccc([C@@H]2CCCN2C[C@H](O)c2ccccc2Cl)cc1OC. The monoisotopic (exact) mass is 361 g/mol. The quantitative estimate of drug-likeness (QED) is 0.836. The molecule has 0 aromatic heterocycles. The largest absolute Gasteiger partial charge is 0.493 e. The zero-order valence-electron chi connectivity index (χ0n) is 14.6. The van der Waals surface area contributed by atoms with Gasteiger partial charge in [0.25, 0.3) is 0 Å². The molecule has 1 saturated heterocycles. The molecule has 0 bridgehead atoms. The third kappa shape index (κ3) is 3.92. The molecule has 25 heavy (non-hydrogen) atoms. The summed E-state index contributed by atoms with van der Waals surface area (Å²) in [5.74, 6) is 1.46. The first-order valence-corrected chi connectivity index (χ1v) is 8.90. The van der Waals surface area contributed by atoms with Gasteiger partial charge in [0.15, 0.2) is 11.5 Å². The predicted molar refractivity (Wildman–Crippen MR) is 99.5 cm³/mol. The summed E-state index contributed by atoms with van der Waals surface area (Å²) in [4.78, 5) is 2.31. The first-order valence-electron chi connectivity index (χ1n) is 8.52. The van der Waals surface area contributed by atoms with Gasteiger partial charge in [-0.05, 0) is 43.1 Å².